The Morgan fingerprint density at radius 2 is 2.05 bits per heavy atom. The highest BCUT2D eigenvalue weighted by Gasteiger charge is 2.21. The molecular formula is C11H14ClN3O3S2. The molecule has 0 bridgehead atoms. The second-order valence-corrected chi connectivity index (χ2v) is 6.73. The van der Waals surface area contributed by atoms with E-state index in [1.807, 2.05) is 0 Å². The summed E-state index contributed by atoms with van der Waals surface area (Å²) in [6.45, 7) is 1.53. The molecule has 6 nitrogen and oxygen atoms in total. The number of hydrogen-bond donors (Lipinski definition) is 3. The van der Waals surface area contributed by atoms with Crippen LogP contribution >= 0.6 is 23.8 Å². The molecule has 0 spiro atoms. The molecule has 0 heterocycles. The molecule has 1 rings (SSSR count). The van der Waals surface area contributed by atoms with Gasteiger partial charge in [-0.15, -0.1) is 0 Å². The molecule has 5 N–H and O–H groups in total. The molecule has 1 unspecified atom stereocenters. The second kappa shape index (κ2) is 6.49. The molecule has 0 aliphatic rings. The molecule has 1 aromatic rings. The first kappa shape index (κ1) is 16.8. The molecule has 0 aliphatic carbocycles. The van der Waals surface area contributed by atoms with E-state index in [1.165, 1.54) is 25.1 Å². The largest absolute Gasteiger partial charge is 0.389 e. The van der Waals surface area contributed by atoms with Gasteiger partial charge >= 0.3 is 0 Å². The highest BCUT2D eigenvalue weighted by molar-refractivity contribution is 7.89. The van der Waals surface area contributed by atoms with Crippen LogP contribution in [0.25, 0.3) is 0 Å². The number of halogens is 1. The van der Waals surface area contributed by atoms with Crippen molar-refractivity contribution >= 4 is 44.7 Å². The zero-order chi connectivity index (χ0) is 15.5. The minimum Gasteiger partial charge on any atom is -0.389 e. The molecule has 110 valence electrons. The quantitative estimate of drug-likeness (QED) is 0.655. The van der Waals surface area contributed by atoms with Crippen LogP contribution in [0.3, 0.4) is 0 Å². The maximum absolute atomic E-state index is 12.1. The van der Waals surface area contributed by atoms with Gasteiger partial charge in [-0.05, 0) is 19.1 Å². The number of thiocarbonyl (C=S) groups is 1. The van der Waals surface area contributed by atoms with Crippen LogP contribution in [-0.4, -0.2) is 25.4 Å². The fourth-order valence-corrected chi connectivity index (χ4v) is 3.46. The van der Waals surface area contributed by atoms with Crippen molar-refractivity contribution in [2.45, 2.75) is 24.3 Å². The topological polar surface area (TPSA) is 115 Å². The third-order valence-corrected chi connectivity index (χ3v) is 4.68. The highest BCUT2D eigenvalue weighted by atomic mass is 35.5. The Bertz CT molecular complexity index is 646. The van der Waals surface area contributed by atoms with Gasteiger partial charge in [-0.1, -0.05) is 29.9 Å². The summed E-state index contributed by atoms with van der Waals surface area (Å²) < 4.78 is 26.5. The van der Waals surface area contributed by atoms with Crippen LogP contribution in [0.2, 0.25) is 5.02 Å². The average molecular weight is 336 g/mol. The lowest BCUT2D eigenvalue weighted by Gasteiger charge is -2.14. The van der Waals surface area contributed by atoms with Crippen molar-refractivity contribution in [1.29, 1.82) is 0 Å². The lowest BCUT2D eigenvalue weighted by molar-refractivity contribution is -0.118. The van der Waals surface area contributed by atoms with Crippen molar-refractivity contribution in [3.8, 4) is 0 Å². The number of sulfonamides is 1. The Balaban J connectivity index is 3.04. The van der Waals surface area contributed by atoms with Crippen LogP contribution in [-0.2, 0) is 14.8 Å². The summed E-state index contributed by atoms with van der Waals surface area (Å²) in [5.41, 5.74) is 10.9. The van der Waals surface area contributed by atoms with Crippen molar-refractivity contribution in [3.63, 3.8) is 0 Å². The SMILES string of the molecule is CC(CC(N)=O)NS(=O)(=O)c1ccc(C(N)=S)cc1Cl. The van der Waals surface area contributed by atoms with Gasteiger partial charge in [0.2, 0.25) is 15.9 Å². The van der Waals surface area contributed by atoms with Gasteiger partial charge in [0, 0.05) is 18.0 Å². The van der Waals surface area contributed by atoms with E-state index in [2.05, 4.69) is 4.72 Å². The van der Waals surface area contributed by atoms with Crippen molar-refractivity contribution in [1.82, 2.24) is 4.72 Å². The van der Waals surface area contributed by atoms with Crippen LogP contribution < -0.4 is 16.2 Å². The van der Waals surface area contributed by atoms with E-state index < -0.39 is 22.0 Å². The van der Waals surface area contributed by atoms with E-state index in [0.29, 0.717) is 5.56 Å². The zero-order valence-electron chi connectivity index (χ0n) is 10.6. The van der Waals surface area contributed by atoms with Gasteiger partial charge in [0.05, 0.1) is 5.02 Å². The third-order valence-electron chi connectivity index (χ3n) is 2.37. The summed E-state index contributed by atoms with van der Waals surface area (Å²) in [5.74, 6) is -0.602. The summed E-state index contributed by atoms with van der Waals surface area (Å²) in [7, 11) is -3.85. The highest BCUT2D eigenvalue weighted by Crippen LogP contribution is 2.23. The van der Waals surface area contributed by atoms with Gasteiger partial charge in [-0.3, -0.25) is 4.79 Å². The molecule has 0 aromatic heterocycles. The predicted octanol–water partition coefficient (Wildman–Crippen LogP) is 0.516. The number of carbonyl (C=O) groups excluding carboxylic acids is 1. The number of carbonyl (C=O) groups is 1. The lowest BCUT2D eigenvalue weighted by atomic mass is 10.2. The number of rotatable bonds is 6. The van der Waals surface area contributed by atoms with Crippen molar-refractivity contribution in [2.75, 3.05) is 0 Å². The van der Waals surface area contributed by atoms with Gasteiger partial charge in [0.1, 0.15) is 9.88 Å². The smallest absolute Gasteiger partial charge is 0.242 e. The van der Waals surface area contributed by atoms with Gasteiger partial charge in [0.25, 0.3) is 0 Å². The molecule has 1 aromatic carbocycles. The lowest BCUT2D eigenvalue weighted by Crippen LogP contribution is -2.35. The maximum atomic E-state index is 12.1. The Morgan fingerprint density at radius 3 is 2.50 bits per heavy atom. The van der Waals surface area contributed by atoms with E-state index in [4.69, 9.17) is 35.3 Å². The van der Waals surface area contributed by atoms with Crippen molar-refractivity contribution < 1.29 is 13.2 Å². The van der Waals surface area contributed by atoms with Gasteiger partial charge in [0.15, 0.2) is 0 Å². The van der Waals surface area contributed by atoms with Crippen LogP contribution in [0.4, 0.5) is 0 Å². The Kier molecular flexibility index (Phi) is 5.46. The van der Waals surface area contributed by atoms with Crippen molar-refractivity contribution in [3.05, 3.63) is 28.8 Å². The average Bonchev–Trinajstić information content (AvgIpc) is 2.25. The molecule has 0 saturated carbocycles. The third kappa shape index (κ3) is 4.41. The molecule has 0 aliphatic heterocycles. The molecule has 1 amide bonds. The number of nitrogens with two attached hydrogens (primary N) is 2. The predicted molar refractivity (Wildman–Crippen MR) is 80.9 cm³/mol. The number of benzene rings is 1. The molecule has 1 atom stereocenters. The van der Waals surface area contributed by atoms with E-state index in [0.717, 1.165) is 0 Å². The van der Waals surface area contributed by atoms with Crippen molar-refractivity contribution in [2.24, 2.45) is 11.5 Å². The number of hydrogen-bond acceptors (Lipinski definition) is 4. The minimum atomic E-state index is -3.85. The Morgan fingerprint density at radius 1 is 1.45 bits per heavy atom. The maximum Gasteiger partial charge on any atom is 0.242 e. The molecule has 9 heteroatoms. The summed E-state index contributed by atoms with van der Waals surface area (Å²) in [4.78, 5) is 10.8. The first-order valence-electron chi connectivity index (χ1n) is 5.53. The fraction of sp³-hybridized carbons (Fsp3) is 0.273. The van der Waals surface area contributed by atoms with Crippen LogP contribution in [0.5, 0.6) is 0 Å². The summed E-state index contributed by atoms with van der Waals surface area (Å²) in [6, 6.07) is 3.50. The molecule has 0 saturated heterocycles. The van der Waals surface area contributed by atoms with E-state index in [-0.39, 0.29) is 21.3 Å². The van der Waals surface area contributed by atoms with E-state index in [1.54, 1.807) is 0 Å². The fourth-order valence-electron chi connectivity index (χ4n) is 1.54. The first-order chi connectivity index (χ1) is 9.13. The molecule has 0 fully saturated rings. The van der Waals surface area contributed by atoms with Gasteiger partial charge in [-0.2, -0.15) is 0 Å². The normalized spacial score (nSPS) is 12.9. The number of primary amides is 1. The van der Waals surface area contributed by atoms with E-state index >= 15 is 0 Å². The van der Waals surface area contributed by atoms with Crippen LogP contribution in [0.1, 0.15) is 18.9 Å². The Hall–Kier alpha value is -1.22. The molecular weight excluding hydrogens is 322 g/mol. The number of amides is 1. The minimum absolute atomic E-state index is 0.00549. The van der Waals surface area contributed by atoms with Crippen LogP contribution in [0, 0.1) is 0 Å². The van der Waals surface area contributed by atoms with Gasteiger partial charge in [-0.25, -0.2) is 13.1 Å². The second-order valence-electron chi connectivity index (χ2n) is 4.20. The van der Waals surface area contributed by atoms with Crippen LogP contribution in [0.15, 0.2) is 23.1 Å². The monoisotopic (exact) mass is 335 g/mol. The number of nitrogens with one attached hydrogen (secondary N) is 1. The Labute approximate surface area is 127 Å². The zero-order valence-corrected chi connectivity index (χ0v) is 13.0. The standard InChI is InChI=1S/C11H14ClN3O3S2/c1-6(4-10(13)16)15-20(17,18)9-3-2-7(11(14)19)5-8(9)12/h2-3,5-6,15H,4H2,1H3,(H2,13,16)(H2,14,19). The first-order valence-corrected chi connectivity index (χ1v) is 7.80. The van der Waals surface area contributed by atoms with E-state index in [9.17, 15) is 13.2 Å². The summed E-state index contributed by atoms with van der Waals surface area (Å²) in [5, 5.41) is -0.00549. The molecule has 20 heavy (non-hydrogen) atoms. The summed E-state index contributed by atoms with van der Waals surface area (Å²) in [6.07, 6.45) is -0.109. The molecule has 0 radical (unpaired) electrons. The summed E-state index contributed by atoms with van der Waals surface area (Å²) >= 11 is 10.7. The van der Waals surface area contributed by atoms with Gasteiger partial charge < -0.3 is 11.5 Å².